The topological polar surface area (TPSA) is 85.6 Å². The number of thioether (sulfide) groups is 2. The average molecular weight is 443 g/mol. The Bertz CT molecular complexity index is 1040. The maximum atomic E-state index is 12.5. The van der Waals surface area contributed by atoms with Crippen molar-refractivity contribution in [3.63, 3.8) is 0 Å². The number of nitrogens with zero attached hydrogens (tertiary/aromatic N) is 5. The monoisotopic (exact) mass is 442 g/mol. The fraction of sp³-hybridized carbons (Fsp3) is 0.381. The summed E-state index contributed by atoms with van der Waals surface area (Å²) in [6, 6.07) is 6.09. The molecule has 0 unspecified atom stereocenters. The van der Waals surface area contributed by atoms with E-state index in [0.29, 0.717) is 10.9 Å². The third kappa shape index (κ3) is 5.60. The Morgan fingerprint density at radius 3 is 2.23 bits per heavy atom. The molecule has 2 heterocycles. The Labute approximate surface area is 185 Å². The van der Waals surface area contributed by atoms with Crippen LogP contribution in [-0.4, -0.2) is 36.4 Å². The van der Waals surface area contributed by atoms with Crippen LogP contribution in [0.4, 0.5) is 5.69 Å². The summed E-state index contributed by atoms with van der Waals surface area (Å²) < 4.78 is 1.91. The molecule has 0 aliphatic carbocycles. The molecule has 3 aromatic rings. The van der Waals surface area contributed by atoms with Crippen LogP contribution in [0.5, 0.6) is 0 Å². The van der Waals surface area contributed by atoms with E-state index in [9.17, 15) is 4.79 Å². The molecule has 1 N–H and O–H groups in total. The summed E-state index contributed by atoms with van der Waals surface area (Å²) in [5.41, 5.74) is 6.10. The van der Waals surface area contributed by atoms with Gasteiger partial charge in [0.2, 0.25) is 5.91 Å². The van der Waals surface area contributed by atoms with Crippen molar-refractivity contribution in [3.8, 4) is 0 Å². The molecule has 2 aromatic heterocycles. The van der Waals surface area contributed by atoms with Gasteiger partial charge in [-0.2, -0.15) is 0 Å². The predicted octanol–water partition coefficient (Wildman–Crippen LogP) is 4.17. The fourth-order valence-electron chi connectivity index (χ4n) is 3.17. The first kappa shape index (κ1) is 22.3. The van der Waals surface area contributed by atoms with Crippen LogP contribution in [0.25, 0.3) is 0 Å². The van der Waals surface area contributed by atoms with Gasteiger partial charge in [0.05, 0.1) is 11.5 Å². The minimum atomic E-state index is -0.0578. The SMILES string of the molecule is Cc1cc(C)c(NC(=O)CSc2nnc(CSc3nc(C)cc(C)n3)n2C)c(C)c1. The molecule has 0 spiro atoms. The summed E-state index contributed by atoms with van der Waals surface area (Å²) in [4.78, 5) is 21.3. The molecule has 7 nitrogen and oxygen atoms in total. The molecule has 9 heteroatoms. The first-order chi connectivity index (χ1) is 14.2. The van der Waals surface area contributed by atoms with E-state index in [0.717, 1.165) is 39.2 Å². The third-order valence-electron chi connectivity index (χ3n) is 4.49. The van der Waals surface area contributed by atoms with Crippen molar-refractivity contribution in [1.29, 1.82) is 0 Å². The van der Waals surface area contributed by atoms with Gasteiger partial charge in [-0.3, -0.25) is 4.79 Å². The fourth-order valence-corrected chi connectivity index (χ4v) is 4.82. The molecule has 0 radical (unpaired) electrons. The second-order valence-corrected chi connectivity index (χ2v) is 9.18. The summed E-state index contributed by atoms with van der Waals surface area (Å²) >= 11 is 2.90. The van der Waals surface area contributed by atoms with E-state index >= 15 is 0 Å². The van der Waals surface area contributed by atoms with Crippen LogP contribution in [0, 0.1) is 34.6 Å². The van der Waals surface area contributed by atoms with E-state index in [-0.39, 0.29) is 11.7 Å². The number of hydrogen-bond donors (Lipinski definition) is 1. The van der Waals surface area contributed by atoms with Crippen LogP contribution in [0.15, 0.2) is 28.5 Å². The molecule has 0 bridgehead atoms. The molecule has 0 aliphatic heterocycles. The largest absolute Gasteiger partial charge is 0.325 e. The van der Waals surface area contributed by atoms with E-state index in [2.05, 4.69) is 44.5 Å². The number of rotatable bonds is 7. The van der Waals surface area contributed by atoms with Gasteiger partial charge >= 0.3 is 0 Å². The van der Waals surface area contributed by atoms with E-state index in [4.69, 9.17) is 0 Å². The lowest BCUT2D eigenvalue weighted by molar-refractivity contribution is -0.113. The number of aryl methyl sites for hydroxylation is 5. The van der Waals surface area contributed by atoms with Crippen molar-refractivity contribution in [2.75, 3.05) is 11.1 Å². The molecule has 0 saturated carbocycles. The van der Waals surface area contributed by atoms with Crippen molar-refractivity contribution in [3.05, 3.63) is 52.1 Å². The second-order valence-electron chi connectivity index (χ2n) is 7.29. The Kier molecular flexibility index (Phi) is 7.14. The summed E-state index contributed by atoms with van der Waals surface area (Å²) in [6.07, 6.45) is 0. The van der Waals surface area contributed by atoms with Gasteiger partial charge in [0.15, 0.2) is 10.3 Å². The van der Waals surface area contributed by atoms with E-state index in [1.807, 2.05) is 45.4 Å². The predicted molar refractivity (Wildman–Crippen MR) is 122 cm³/mol. The van der Waals surface area contributed by atoms with Crippen molar-refractivity contribution < 1.29 is 4.79 Å². The van der Waals surface area contributed by atoms with Crippen LogP contribution in [0.1, 0.15) is 33.9 Å². The van der Waals surface area contributed by atoms with Crippen LogP contribution < -0.4 is 5.32 Å². The standard InChI is InChI=1S/C21H26N6OS2/c1-12-7-13(2)19(14(3)8-12)24-18(28)11-30-21-26-25-17(27(21)6)10-29-20-22-15(4)9-16(5)23-20/h7-9H,10-11H2,1-6H3,(H,24,28). The van der Waals surface area contributed by atoms with Crippen LogP contribution >= 0.6 is 23.5 Å². The van der Waals surface area contributed by atoms with Crippen LogP contribution in [0.2, 0.25) is 0 Å². The third-order valence-corrected chi connectivity index (χ3v) is 6.35. The first-order valence-electron chi connectivity index (χ1n) is 9.56. The molecule has 0 aliphatic rings. The summed E-state index contributed by atoms with van der Waals surface area (Å²) in [5.74, 6) is 1.64. The molecular formula is C21H26N6OS2. The summed E-state index contributed by atoms with van der Waals surface area (Å²) in [7, 11) is 1.91. The van der Waals surface area contributed by atoms with Gasteiger partial charge in [0.25, 0.3) is 0 Å². The van der Waals surface area contributed by atoms with Crippen molar-refractivity contribution in [2.24, 2.45) is 7.05 Å². The molecule has 1 aromatic carbocycles. The maximum absolute atomic E-state index is 12.5. The minimum absolute atomic E-state index is 0.0578. The second kappa shape index (κ2) is 9.61. The lowest BCUT2D eigenvalue weighted by atomic mass is 10.1. The van der Waals surface area contributed by atoms with Gasteiger partial charge in [0.1, 0.15) is 5.82 Å². The van der Waals surface area contributed by atoms with Gasteiger partial charge in [-0.1, -0.05) is 41.2 Å². The number of benzene rings is 1. The van der Waals surface area contributed by atoms with Gasteiger partial charge in [-0.25, -0.2) is 9.97 Å². The van der Waals surface area contributed by atoms with Crippen LogP contribution in [-0.2, 0) is 17.6 Å². The van der Waals surface area contributed by atoms with Crippen molar-refractivity contribution in [1.82, 2.24) is 24.7 Å². The van der Waals surface area contributed by atoms with Crippen molar-refractivity contribution >= 4 is 35.1 Å². The molecule has 30 heavy (non-hydrogen) atoms. The molecule has 0 atom stereocenters. The number of carbonyl (C=O) groups excluding carboxylic acids is 1. The maximum Gasteiger partial charge on any atom is 0.234 e. The molecule has 3 rings (SSSR count). The summed E-state index contributed by atoms with van der Waals surface area (Å²) in [5, 5.41) is 12.9. The number of carbonyl (C=O) groups is 1. The highest BCUT2D eigenvalue weighted by atomic mass is 32.2. The zero-order chi connectivity index (χ0) is 21.8. The first-order valence-corrected chi connectivity index (χ1v) is 11.5. The molecular weight excluding hydrogens is 416 g/mol. The molecule has 0 fully saturated rings. The van der Waals surface area contributed by atoms with Gasteiger partial charge in [0, 0.05) is 24.1 Å². The lowest BCUT2D eigenvalue weighted by Gasteiger charge is -2.12. The molecule has 158 valence electrons. The average Bonchev–Trinajstić information content (AvgIpc) is 3.00. The van der Waals surface area contributed by atoms with E-state index < -0.39 is 0 Å². The quantitative estimate of drug-likeness (QED) is 0.434. The number of aromatic nitrogens is 5. The highest BCUT2D eigenvalue weighted by Crippen LogP contribution is 2.24. The number of anilines is 1. The molecule has 1 amide bonds. The van der Waals surface area contributed by atoms with E-state index in [1.165, 1.54) is 29.1 Å². The Balaban J connectivity index is 1.58. The van der Waals surface area contributed by atoms with Gasteiger partial charge < -0.3 is 9.88 Å². The Morgan fingerprint density at radius 1 is 0.967 bits per heavy atom. The number of hydrogen-bond acceptors (Lipinski definition) is 7. The van der Waals surface area contributed by atoms with Crippen molar-refractivity contribution in [2.45, 2.75) is 50.7 Å². The minimum Gasteiger partial charge on any atom is -0.325 e. The van der Waals surface area contributed by atoms with Crippen LogP contribution in [0.3, 0.4) is 0 Å². The smallest absolute Gasteiger partial charge is 0.234 e. The van der Waals surface area contributed by atoms with Gasteiger partial charge in [-0.15, -0.1) is 10.2 Å². The lowest BCUT2D eigenvalue weighted by Crippen LogP contribution is -2.16. The normalized spacial score (nSPS) is 11.0. The Morgan fingerprint density at radius 2 is 1.60 bits per heavy atom. The van der Waals surface area contributed by atoms with Gasteiger partial charge in [-0.05, 0) is 51.8 Å². The zero-order valence-electron chi connectivity index (χ0n) is 18.1. The number of amides is 1. The summed E-state index contributed by atoms with van der Waals surface area (Å²) in [6.45, 7) is 9.99. The van der Waals surface area contributed by atoms with E-state index in [1.54, 1.807) is 0 Å². The Hall–Kier alpha value is -2.39. The highest BCUT2D eigenvalue weighted by Gasteiger charge is 2.14. The highest BCUT2D eigenvalue weighted by molar-refractivity contribution is 7.99. The number of nitrogens with one attached hydrogen (secondary N) is 1. The molecule has 0 saturated heterocycles. The zero-order valence-corrected chi connectivity index (χ0v) is 19.7.